The number of ether oxygens (including phenoxy) is 1. The number of nitrogens with zero attached hydrogens (tertiary/aromatic N) is 3. The van der Waals surface area contributed by atoms with Crippen LogP contribution < -0.4 is 15.1 Å². The zero-order valence-corrected chi connectivity index (χ0v) is 28.5. The lowest BCUT2D eigenvalue weighted by Crippen LogP contribution is -2.58. The smallest absolute Gasteiger partial charge is 0.348 e. The molecule has 8 nitrogen and oxygen atoms in total. The minimum atomic E-state index is -0.451. The third-order valence-corrected chi connectivity index (χ3v) is 11.8. The van der Waals surface area contributed by atoms with Gasteiger partial charge in [0.1, 0.15) is 16.5 Å². The molecule has 4 aliphatic rings. The van der Waals surface area contributed by atoms with Crippen LogP contribution >= 0.6 is 11.3 Å². The van der Waals surface area contributed by atoms with Crippen LogP contribution in [-0.4, -0.2) is 49.0 Å². The number of carbonyl (C=O) groups excluding carboxylic acids is 3. The summed E-state index contributed by atoms with van der Waals surface area (Å²) in [6.45, 7) is 4.27. The first-order chi connectivity index (χ1) is 23.8. The number of aromatic nitrogens is 1. The molecule has 0 radical (unpaired) electrons. The van der Waals surface area contributed by atoms with E-state index >= 15 is 0 Å². The highest BCUT2D eigenvalue weighted by Gasteiger charge is 2.45. The molecule has 0 atom stereocenters. The molecule has 2 fully saturated rings. The molecule has 2 aliphatic heterocycles. The van der Waals surface area contributed by atoms with Gasteiger partial charge in [-0.1, -0.05) is 19.3 Å². The van der Waals surface area contributed by atoms with Crippen LogP contribution in [0.3, 0.4) is 0 Å². The lowest BCUT2D eigenvalue weighted by atomic mass is 9.68. The Balaban J connectivity index is 1.01. The summed E-state index contributed by atoms with van der Waals surface area (Å²) in [5.74, 6) is -0.526. The highest BCUT2D eigenvalue weighted by atomic mass is 32.1. The minimum Gasteiger partial charge on any atom is -0.462 e. The molecule has 49 heavy (non-hydrogen) atoms. The van der Waals surface area contributed by atoms with E-state index in [1.807, 2.05) is 12.1 Å². The fraction of sp³-hybridized carbons (Fsp3) is 0.385. The molecule has 1 N–H and O–H groups in total. The number of pyridine rings is 1. The van der Waals surface area contributed by atoms with Crippen molar-refractivity contribution in [2.45, 2.75) is 64.7 Å². The molecule has 8 rings (SSSR count). The van der Waals surface area contributed by atoms with Crippen molar-refractivity contribution in [2.75, 3.05) is 41.4 Å². The van der Waals surface area contributed by atoms with Crippen molar-refractivity contribution < 1.29 is 23.5 Å². The maximum atomic E-state index is 14.6. The van der Waals surface area contributed by atoms with Crippen LogP contribution in [-0.2, 0) is 24.0 Å². The average Bonchev–Trinajstić information content (AvgIpc) is 3.71. The van der Waals surface area contributed by atoms with Crippen molar-refractivity contribution in [2.24, 2.45) is 5.41 Å². The Morgan fingerprint density at radius 1 is 0.939 bits per heavy atom. The second-order valence-corrected chi connectivity index (χ2v) is 14.9. The number of hydrogen-bond acceptors (Lipinski definition) is 7. The van der Waals surface area contributed by atoms with E-state index in [-0.39, 0.29) is 24.4 Å². The summed E-state index contributed by atoms with van der Waals surface area (Å²) in [5.41, 5.74) is 6.31. The predicted molar refractivity (Wildman–Crippen MR) is 189 cm³/mol. The van der Waals surface area contributed by atoms with Crippen LogP contribution in [0.15, 0.2) is 54.6 Å². The highest BCUT2D eigenvalue weighted by molar-refractivity contribution is 7.17. The molecular weight excluding hydrogens is 640 g/mol. The fourth-order valence-corrected chi connectivity index (χ4v) is 9.22. The van der Waals surface area contributed by atoms with Gasteiger partial charge in [0.05, 0.1) is 17.9 Å². The number of rotatable bonds is 6. The van der Waals surface area contributed by atoms with E-state index in [1.54, 1.807) is 42.2 Å². The Morgan fingerprint density at radius 3 is 2.51 bits per heavy atom. The molecule has 2 aromatic carbocycles. The number of hydrogen-bond donors (Lipinski definition) is 1. The van der Waals surface area contributed by atoms with Gasteiger partial charge in [-0.3, -0.25) is 9.59 Å². The maximum Gasteiger partial charge on any atom is 0.348 e. The van der Waals surface area contributed by atoms with Gasteiger partial charge in [0, 0.05) is 52.4 Å². The van der Waals surface area contributed by atoms with Gasteiger partial charge in [0.2, 0.25) is 0 Å². The number of benzene rings is 2. The zero-order valence-electron chi connectivity index (χ0n) is 27.6. The van der Waals surface area contributed by atoms with E-state index in [9.17, 15) is 18.8 Å². The second-order valence-electron chi connectivity index (χ2n) is 13.8. The number of nitrogens with one attached hydrogen (secondary N) is 1. The van der Waals surface area contributed by atoms with E-state index in [0.29, 0.717) is 51.3 Å². The summed E-state index contributed by atoms with van der Waals surface area (Å²) in [6, 6.07) is 15.1. The average molecular weight is 679 g/mol. The highest BCUT2D eigenvalue weighted by Crippen LogP contribution is 2.46. The van der Waals surface area contributed by atoms with Crippen molar-refractivity contribution in [1.29, 1.82) is 0 Å². The van der Waals surface area contributed by atoms with E-state index in [2.05, 4.69) is 10.2 Å². The van der Waals surface area contributed by atoms with Gasteiger partial charge in [-0.25, -0.2) is 14.2 Å². The van der Waals surface area contributed by atoms with Crippen LogP contribution in [0, 0.1) is 11.2 Å². The molecular formula is C39H39FN4O4S. The molecule has 2 aromatic heterocycles. The third kappa shape index (κ3) is 5.90. The summed E-state index contributed by atoms with van der Waals surface area (Å²) in [5, 5.41) is 3.06. The van der Waals surface area contributed by atoms with Gasteiger partial charge >= 0.3 is 5.97 Å². The number of fused-ring (bicyclic) bond motifs is 4. The van der Waals surface area contributed by atoms with Crippen molar-refractivity contribution in [3.8, 4) is 10.4 Å². The molecule has 0 bridgehead atoms. The number of aryl methyl sites for hydroxylation is 2. The van der Waals surface area contributed by atoms with E-state index in [4.69, 9.17) is 9.72 Å². The first-order valence-electron chi connectivity index (χ1n) is 17.4. The first kappa shape index (κ1) is 31.7. The van der Waals surface area contributed by atoms with Crippen LogP contribution in [0.5, 0.6) is 0 Å². The minimum absolute atomic E-state index is 0.203. The van der Waals surface area contributed by atoms with Crippen molar-refractivity contribution in [3.63, 3.8) is 0 Å². The van der Waals surface area contributed by atoms with Gasteiger partial charge < -0.3 is 19.9 Å². The maximum absolute atomic E-state index is 14.6. The van der Waals surface area contributed by atoms with Crippen molar-refractivity contribution >= 4 is 46.3 Å². The summed E-state index contributed by atoms with van der Waals surface area (Å²) < 4.78 is 19.8. The molecule has 1 spiro atoms. The number of esters is 1. The fourth-order valence-electron chi connectivity index (χ4n) is 8.08. The summed E-state index contributed by atoms with van der Waals surface area (Å²) >= 11 is 1.30. The summed E-state index contributed by atoms with van der Waals surface area (Å²) in [7, 11) is 0. The number of carbonyl (C=O) groups is 3. The van der Waals surface area contributed by atoms with Gasteiger partial charge in [-0.2, -0.15) is 0 Å². The molecule has 0 unspecified atom stereocenters. The molecule has 1 saturated heterocycles. The van der Waals surface area contributed by atoms with Crippen LogP contribution in [0.4, 0.5) is 21.6 Å². The van der Waals surface area contributed by atoms with Crippen LogP contribution in [0.1, 0.15) is 92.7 Å². The normalized spacial score (nSPS) is 17.4. The number of halogens is 1. The molecule has 2 aliphatic carbocycles. The standard InChI is InChI=1S/C39H39FN4O4S/c1-2-48-38(47)33-20-26-15-18-44(32-21-27(40)11-14-29(32)34(26)49-33)37(46)24-9-12-28(13-10-24)41-36(45)30-19-25-7-6-8-31(25)42-35(30)43-22-39(23-43)16-4-3-5-17-39/h9-14,19-21H,2-8,15-18,22-23H2,1H3,(H,41,45). The first-order valence-corrected chi connectivity index (χ1v) is 18.2. The Morgan fingerprint density at radius 2 is 1.73 bits per heavy atom. The molecule has 2 amide bonds. The van der Waals surface area contributed by atoms with Gasteiger partial charge in [0.25, 0.3) is 11.8 Å². The molecule has 4 aromatic rings. The molecule has 10 heteroatoms. The zero-order chi connectivity index (χ0) is 33.7. The Kier molecular flexibility index (Phi) is 8.22. The van der Waals surface area contributed by atoms with Crippen LogP contribution in [0.25, 0.3) is 10.4 Å². The Bertz CT molecular complexity index is 1960. The number of anilines is 3. The van der Waals surface area contributed by atoms with Crippen molar-refractivity contribution in [3.05, 3.63) is 93.2 Å². The lowest BCUT2D eigenvalue weighted by Gasteiger charge is -2.53. The topological polar surface area (TPSA) is 91.8 Å². The largest absolute Gasteiger partial charge is 0.462 e. The monoisotopic (exact) mass is 678 g/mol. The molecule has 4 heterocycles. The number of amides is 2. The van der Waals surface area contributed by atoms with E-state index in [1.165, 1.54) is 55.6 Å². The van der Waals surface area contributed by atoms with E-state index in [0.717, 1.165) is 59.9 Å². The Hall–Kier alpha value is -4.57. The predicted octanol–water partition coefficient (Wildman–Crippen LogP) is 7.84. The molecule has 252 valence electrons. The molecule has 1 saturated carbocycles. The second kappa shape index (κ2) is 12.7. The number of thiophene rings is 1. The van der Waals surface area contributed by atoms with Crippen LogP contribution in [0.2, 0.25) is 0 Å². The van der Waals surface area contributed by atoms with Gasteiger partial charge in [0.15, 0.2) is 0 Å². The van der Waals surface area contributed by atoms with Gasteiger partial charge in [-0.15, -0.1) is 11.3 Å². The SMILES string of the molecule is CCOC(=O)c1cc2c(s1)-c1ccc(F)cc1N(C(=O)c1ccc(NC(=O)c3cc4c(nc3N3CC5(CCCCC5)C3)CCC4)cc1)CC2. The quantitative estimate of drug-likeness (QED) is 0.209. The summed E-state index contributed by atoms with van der Waals surface area (Å²) in [6.07, 6.45) is 9.84. The Labute approximate surface area is 289 Å². The van der Waals surface area contributed by atoms with Crippen molar-refractivity contribution in [1.82, 2.24) is 4.98 Å². The van der Waals surface area contributed by atoms with E-state index < -0.39 is 5.82 Å². The third-order valence-electron chi connectivity index (χ3n) is 10.6. The summed E-state index contributed by atoms with van der Waals surface area (Å²) in [4.78, 5) is 50.4. The van der Waals surface area contributed by atoms with Gasteiger partial charge in [-0.05, 0) is 111 Å². The lowest BCUT2D eigenvalue weighted by molar-refractivity contribution is 0.0531.